The number of hydrogen-bond donors (Lipinski definition) is 2. The van der Waals surface area contributed by atoms with Crippen LogP contribution in [0, 0.1) is 11.7 Å². The molecule has 0 atom stereocenters. The number of fused-ring (bicyclic) bond motifs is 1. The monoisotopic (exact) mass is 517 g/mol. The number of halogens is 3. The molecule has 2 aliphatic rings. The van der Waals surface area contributed by atoms with Gasteiger partial charge in [0.2, 0.25) is 5.91 Å². The number of aromatic amines is 1. The standard InChI is InChI=1S/C25H26F3N5O4/c1-13(34)33-6-4-15(5-7-33)32-24(35)17-10-29-23-21(30-12-31-22(17)23)16-8-18(26)20(37-25(27)28)9-19(16)36-11-14-2-3-14/h8-10,12,14-15,25,29H,2-7,11H2,1H3,(H,32,35). The summed E-state index contributed by atoms with van der Waals surface area (Å²) in [4.78, 5) is 37.9. The molecule has 196 valence electrons. The Hall–Kier alpha value is -3.83. The molecule has 1 saturated heterocycles. The highest BCUT2D eigenvalue weighted by Gasteiger charge is 2.27. The first-order chi connectivity index (χ1) is 17.8. The number of piperidine rings is 1. The summed E-state index contributed by atoms with van der Waals surface area (Å²) in [6.45, 7) is -0.180. The maximum atomic E-state index is 14.7. The molecule has 0 bridgehead atoms. The number of benzene rings is 1. The number of amides is 2. The summed E-state index contributed by atoms with van der Waals surface area (Å²) < 4.78 is 50.4. The molecule has 0 spiro atoms. The van der Waals surface area contributed by atoms with Gasteiger partial charge in [0.05, 0.1) is 17.7 Å². The van der Waals surface area contributed by atoms with Crippen molar-refractivity contribution in [2.75, 3.05) is 19.7 Å². The van der Waals surface area contributed by atoms with Crippen LogP contribution in [0.4, 0.5) is 13.2 Å². The highest BCUT2D eigenvalue weighted by Crippen LogP contribution is 2.39. The summed E-state index contributed by atoms with van der Waals surface area (Å²) in [7, 11) is 0. The van der Waals surface area contributed by atoms with E-state index in [1.807, 2.05) is 0 Å². The molecule has 1 saturated carbocycles. The van der Waals surface area contributed by atoms with Gasteiger partial charge < -0.3 is 24.7 Å². The van der Waals surface area contributed by atoms with Crippen molar-refractivity contribution in [3.63, 3.8) is 0 Å². The van der Waals surface area contributed by atoms with E-state index in [-0.39, 0.29) is 40.4 Å². The molecule has 0 radical (unpaired) electrons. The van der Waals surface area contributed by atoms with Gasteiger partial charge in [0.1, 0.15) is 23.3 Å². The van der Waals surface area contributed by atoms with Crippen LogP contribution in [0.15, 0.2) is 24.7 Å². The topological polar surface area (TPSA) is 109 Å². The molecule has 2 fully saturated rings. The molecule has 1 aromatic carbocycles. The molecule has 3 heterocycles. The number of likely N-dealkylation sites (tertiary alicyclic amines) is 1. The van der Waals surface area contributed by atoms with E-state index >= 15 is 0 Å². The molecule has 12 heteroatoms. The van der Waals surface area contributed by atoms with Gasteiger partial charge >= 0.3 is 6.61 Å². The predicted octanol–water partition coefficient (Wildman–Crippen LogP) is 3.89. The van der Waals surface area contributed by atoms with Crippen LogP contribution in [0.3, 0.4) is 0 Å². The highest BCUT2D eigenvalue weighted by molar-refractivity contribution is 6.08. The Morgan fingerprint density at radius 1 is 1.16 bits per heavy atom. The third-order valence-electron chi connectivity index (χ3n) is 6.66. The van der Waals surface area contributed by atoms with Crippen molar-refractivity contribution in [3.05, 3.63) is 36.0 Å². The third kappa shape index (κ3) is 5.47. The van der Waals surface area contributed by atoms with Crippen molar-refractivity contribution in [3.8, 4) is 22.8 Å². The molecule has 5 rings (SSSR count). The number of carbonyl (C=O) groups is 2. The lowest BCUT2D eigenvalue weighted by Gasteiger charge is -2.31. The highest BCUT2D eigenvalue weighted by atomic mass is 19.3. The van der Waals surface area contributed by atoms with Crippen LogP contribution in [0.5, 0.6) is 11.5 Å². The zero-order chi connectivity index (χ0) is 26.1. The van der Waals surface area contributed by atoms with Crippen molar-refractivity contribution in [1.82, 2.24) is 25.2 Å². The molecule has 3 aromatic rings. The minimum absolute atomic E-state index is 0.0105. The molecule has 0 unspecified atom stereocenters. The average Bonchev–Trinajstić information content (AvgIpc) is 3.59. The van der Waals surface area contributed by atoms with Crippen LogP contribution in [-0.2, 0) is 4.79 Å². The zero-order valence-electron chi connectivity index (χ0n) is 20.1. The van der Waals surface area contributed by atoms with E-state index in [0.29, 0.717) is 49.5 Å². The van der Waals surface area contributed by atoms with Gasteiger partial charge in [-0.3, -0.25) is 9.59 Å². The summed E-state index contributed by atoms with van der Waals surface area (Å²) in [5.74, 6) is -1.46. The van der Waals surface area contributed by atoms with Crippen LogP contribution in [0.25, 0.3) is 22.3 Å². The molecule has 1 aliphatic heterocycles. The van der Waals surface area contributed by atoms with E-state index in [4.69, 9.17) is 4.74 Å². The van der Waals surface area contributed by atoms with Crippen molar-refractivity contribution in [2.24, 2.45) is 5.92 Å². The number of H-pyrrole nitrogens is 1. The number of alkyl halides is 2. The Bertz CT molecular complexity index is 1320. The molecule has 2 N–H and O–H groups in total. The summed E-state index contributed by atoms with van der Waals surface area (Å²) in [5, 5.41) is 2.99. The van der Waals surface area contributed by atoms with Gasteiger partial charge in [-0.2, -0.15) is 8.78 Å². The first kappa shape index (κ1) is 24.8. The van der Waals surface area contributed by atoms with E-state index in [9.17, 15) is 22.8 Å². The van der Waals surface area contributed by atoms with Crippen molar-refractivity contribution in [2.45, 2.75) is 45.3 Å². The first-order valence-electron chi connectivity index (χ1n) is 12.1. The van der Waals surface area contributed by atoms with E-state index in [1.54, 1.807) is 4.90 Å². The van der Waals surface area contributed by atoms with Crippen LogP contribution in [0.2, 0.25) is 0 Å². The van der Waals surface area contributed by atoms with Crippen molar-refractivity contribution >= 4 is 22.8 Å². The molecule has 37 heavy (non-hydrogen) atoms. The van der Waals surface area contributed by atoms with Gasteiger partial charge in [-0.1, -0.05) is 0 Å². The van der Waals surface area contributed by atoms with Crippen LogP contribution >= 0.6 is 0 Å². The van der Waals surface area contributed by atoms with Gasteiger partial charge in [0.15, 0.2) is 11.6 Å². The van der Waals surface area contributed by atoms with Crippen LogP contribution in [0.1, 0.15) is 43.0 Å². The minimum Gasteiger partial charge on any atom is -0.492 e. The summed E-state index contributed by atoms with van der Waals surface area (Å²) in [5.41, 5.74) is 1.46. The lowest BCUT2D eigenvalue weighted by molar-refractivity contribution is -0.129. The fraction of sp³-hybridized carbons (Fsp3) is 0.440. The van der Waals surface area contributed by atoms with Gasteiger partial charge in [-0.25, -0.2) is 14.4 Å². The SMILES string of the molecule is CC(=O)N1CCC(NC(=O)c2c[nH]c3c(-c4cc(F)c(OC(F)F)cc4OCC4CC4)ncnc23)CC1. The normalized spacial score (nSPS) is 16.3. The third-order valence-corrected chi connectivity index (χ3v) is 6.66. The first-order valence-corrected chi connectivity index (χ1v) is 12.1. The largest absolute Gasteiger partial charge is 0.492 e. The second kappa shape index (κ2) is 10.3. The Labute approximate surface area is 210 Å². The number of nitrogens with zero attached hydrogens (tertiary/aromatic N) is 3. The number of aromatic nitrogens is 3. The summed E-state index contributed by atoms with van der Waals surface area (Å²) in [6, 6.07) is 2.04. The maximum absolute atomic E-state index is 14.7. The van der Waals surface area contributed by atoms with Gasteiger partial charge in [-0.05, 0) is 37.7 Å². The average molecular weight is 518 g/mol. The van der Waals surface area contributed by atoms with Gasteiger partial charge in [0, 0.05) is 43.9 Å². The Morgan fingerprint density at radius 2 is 1.92 bits per heavy atom. The molecular weight excluding hydrogens is 491 g/mol. The fourth-order valence-corrected chi connectivity index (χ4v) is 4.44. The molecule has 2 amide bonds. The Balaban J connectivity index is 1.43. The molecule has 2 aromatic heterocycles. The van der Waals surface area contributed by atoms with E-state index < -0.39 is 18.2 Å². The van der Waals surface area contributed by atoms with Gasteiger partial charge in [0.25, 0.3) is 5.91 Å². The number of ether oxygens (including phenoxy) is 2. The number of nitrogens with one attached hydrogen (secondary N) is 2. The number of rotatable bonds is 8. The second-order valence-corrected chi connectivity index (χ2v) is 9.31. The Morgan fingerprint density at radius 3 is 2.59 bits per heavy atom. The lowest BCUT2D eigenvalue weighted by atomic mass is 10.0. The van der Waals surface area contributed by atoms with Crippen molar-refractivity contribution < 1.29 is 32.2 Å². The maximum Gasteiger partial charge on any atom is 0.387 e. The quantitative estimate of drug-likeness (QED) is 0.469. The fourth-order valence-electron chi connectivity index (χ4n) is 4.44. The van der Waals surface area contributed by atoms with E-state index in [2.05, 4.69) is 25.0 Å². The van der Waals surface area contributed by atoms with E-state index in [0.717, 1.165) is 25.0 Å². The summed E-state index contributed by atoms with van der Waals surface area (Å²) in [6.07, 6.45) is 6.02. The smallest absolute Gasteiger partial charge is 0.387 e. The molecular formula is C25H26F3N5O4. The lowest BCUT2D eigenvalue weighted by Crippen LogP contribution is -2.45. The minimum atomic E-state index is -3.19. The number of carbonyl (C=O) groups excluding carboxylic acids is 2. The number of hydrogen-bond acceptors (Lipinski definition) is 6. The zero-order valence-corrected chi connectivity index (χ0v) is 20.1. The Kier molecular flexibility index (Phi) is 6.90. The second-order valence-electron chi connectivity index (χ2n) is 9.31. The van der Waals surface area contributed by atoms with E-state index in [1.165, 1.54) is 19.4 Å². The van der Waals surface area contributed by atoms with Crippen LogP contribution in [-0.4, -0.2) is 64.0 Å². The van der Waals surface area contributed by atoms with Crippen molar-refractivity contribution in [1.29, 1.82) is 0 Å². The molecule has 1 aliphatic carbocycles. The molecule has 9 nitrogen and oxygen atoms in total. The van der Waals surface area contributed by atoms with Crippen LogP contribution < -0.4 is 14.8 Å². The summed E-state index contributed by atoms with van der Waals surface area (Å²) >= 11 is 0. The predicted molar refractivity (Wildman–Crippen MR) is 127 cm³/mol. The van der Waals surface area contributed by atoms with Gasteiger partial charge in [-0.15, -0.1) is 0 Å².